The number of imidazole rings is 1. The van der Waals surface area contributed by atoms with Crippen molar-refractivity contribution in [1.29, 1.82) is 0 Å². The molecule has 0 spiro atoms. The summed E-state index contributed by atoms with van der Waals surface area (Å²) in [5.41, 5.74) is 2.05. The van der Waals surface area contributed by atoms with E-state index in [1.807, 2.05) is 30.1 Å². The molecular weight excluding hydrogens is 342 g/mol. The number of amides is 1. The molecule has 3 unspecified atom stereocenters. The first-order chi connectivity index (χ1) is 13.1. The molecule has 1 aliphatic heterocycles. The fraction of sp³-hybridized carbons (Fsp3) is 0.526. The van der Waals surface area contributed by atoms with Gasteiger partial charge in [-0.2, -0.15) is 0 Å². The van der Waals surface area contributed by atoms with E-state index < -0.39 is 0 Å². The molecule has 8 nitrogen and oxygen atoms in total. The molecule has 1 aromatic carbocycles. The molecule has 1 saturated heterocycles. The number of carbonyl (C=O) groups excluding carboxylic acids is 1. The summed E-state index contributed by atoms with van der Waals surface area (Å²) in [5, 5.41) is 11.5. The number of rotatable bonds is 5. The second-order valence-electron chi connectivity index (χ2n) is 7.33. The van der Waals surface area contributed by atoms with Crippen molar-refractivity contribution in [1.82, 2.24) is 34.7 Å². The Morgan fingerprint density at radius 2 is 2.15 bits per heavy atom. The summed E-state index contributed by atoms with van der Waals surface area (Å²) in [5.74, 6) is 1.16. The lowest BCUT2D eigenvalue weighted by Gasteiger charge is -2.30. The van der Waals surface area contributed by atoms with Crippen molar-refractivity contribution in [3.8, 4) is 0 Å². The van der Waals surface area contributed by atoms with Gasteiger partial charge in [0, 0.05) is 13.6 Å². The molecule has 3 heterocycles. The van der Waals surface area contributed by atoms with Crippen LogP contribution in [0.5, 0.6) is 0 Å². The quantitative estimate of drug-likeness (QED) is 0.692. The molecule has 8 heteroatoms. The van der Waals surface area contributed by atoms with Crippen LogP contribution in [0.2, 0.25) is 0 Å². The topological polar surface area (TPSA) is 81.7 Å². The number of hydrogen-bond donors (Lipinski definition) is 0. The van der Waals surface area contributed by atoms with Crippen molar-refractivity contribution in [2.75, 3.05) is 6.54 Å². The Balaban J connectivity index is 1.69. The summed E-state index contributed by atoms with van der Waals surface area (Å²) < 4.78 is 3.71. The molecule has 4 rings (SSSR count). The van der Waals surface area contributed by atoms with Gasteiger partial charge in [-0.05, 0) is 41.3 Å². The summed E-state index contributed by atoms with van der Waals surface area (Å²) in [7, 11) is 2.03. The van der Waals surface area contributed by atoms with E-state index in [-0.39, 0.29) is 23.9 Å². The zero-order chi connectivity index (χ0) is 19.0. The molecule has 0 aliphatic carbocycles. The van der Waals surface area contributed by atoms with Gasteiger partial charge in [-0.3, -0.25) is 4.79 Å². The van der Waals surface area contributed by atoms with Crippen molar-refractivity contribution >= 4 is 16.9 Å². The lowest BCUT2D eigenvalue weighted by atomic mass is 9.97. The molecule has 0 saturated carbocycles. The number of aryl methyl sites for hydroxylation is 1. The van der Waals surface area contributed by atoms with Crippen molar-refractivity contribution in [2.45, 2.75) is 45.2 Å². The SMILES string of the molecule is CCC(C)C(C(=O)N1CCCC1c1nc2ccccc2n1C)n1cnnn1. The van der Waals surface area contributed by atoms with E-state index in [0.717, 1.165) is 42.7 Å². The van der Waals surface area contributed by atoms with Crippen LogP contribution >= 0.6 is 0 Å². The third kappa shape index (κ3) is 2.98. The van der Waals surface area contributed by atoms with E-state index in [1.165, 1.54) is 6.33 Å². The average Bonchev–Trinajstić information content (AvgIpc) is 3.42. The first kappa shape index (κ1) is 17.6. The Hall–Kier alpha value is -2.77. The standard InChI is InChI=1S/C19H25N7O/c1-4-13(2)17(26-12-20-22-23-26)19(27)25-11-7-10-16(25)18-21-14-8-5-6-9-15(14)24(18)3/h5-6,8-9,12-13,16-17H,4,7,10-11H2,1-3H3. The van der Waals surface area contributed by atoms with E-state index in [1.54, 1.807) is 4.68 Å². The Morgan fingerprint density at radius 3 is 2.85 bits per heavy atom. The molecule has 2 aromatic heterocycles. The number of carbonyl (C=O) groups is 1. The van der Waals surface area contributed by atoms with Crippen molar-refractivity contribution in [3.63, 3.8) is 0 Å². The van der Waals surface area contributed by atoms with E-state index >= 15 is 0 Å². The van der Waals surface area contributed by atoms with Gasteiger partial charge >= 0.3 is 0 Å². The van der Waals surface area contributed by atoms with Crippen LogP contribution in [0.15, 0.2) is 30.6 Å². The zero-order valence-electron chi connectivity index (χ0n) is 16.0. The van der Waals surface area contributed by atoms with E-state index in [4.69, 9.17) is 4.98 Å². The smallest absolute Gasteiger partial charge is 0.248 e. The summed E-state index contributed by atoms with van der Waals surface area (Å²) >= 11 is 0. The van der Waals surface area contributed by atoms with Gasteiger partial charge in [0.2, 0.25) is 5.91 Å². The summed E-state index contributed by atoms with van der Waals surface area (Å²) in [6, 6.07) is 7.69. The Kier molecular flexibility index (Phi) is 4.63. The predicted octanol–water partition coefficient (Wildman–Crippen LogP) is 2.51. The number of benzene rings is 1. The maximum absolute atomic E-state index is 13.5. The molecule has 27 heavy (non-hydrogen) atoms. The van der Waals surface area contributed by atoms with Crippen LogP contribution in [0.25, 0.3) is 11.0 Å². The van der Waals surface area contributed by atoms with Gasteiger partial charge in [0.15, 0.2) is 0 Å². The second kappa shape index (κ2) is 7.09. The van der Waals surface area contributed by atoms with Crippen LogP contribution in [-0.2, 0) is 11.8 Å². The lowest BCUT2D eigenvalue weighted by molar-refractivity contribution is -0.138. The van der Waals surface area contributed by atoms with Crippen LogP contribution in [0.1, 0.15) is 51.0 Å². The third-order valence-corrected chi connectivity index (χ3v) is 5.74. The fourth-order valence-electron chi connectivity index (χ4n) is 4.07. The zero-order valence-corrected chi connectivity index (χ0v) is 16.0. The highest BCUT2D eigenvalue weighted by molar-refractivity contribution is 5.82. The van der Waals surface area contributed by atoms with Crippen molar-refractivity contribution in [3.05, 3.63) is 36.4 Å². The first-order valence-corrected chi connectivity index (χ1v) is 9.56. The molecule has 1 aliphatic rings. The van der Waals surface area contributed by atoms with Crippen molar-refractivity contribution < 1.29 is 4.79 Å². The minimum atomic E-state index is -0.389. The number of para-hydroxylation sites is 2. The molecular formula is C19H25N7O. The minimum Gasteiger partial charge on any atom is -0.331 e. The van der Waals surface area contributed by atoms with Gasteiger partial charge < -0.3 is 9.47 Å². The summed E-state index contributed by atoms with van der Waals surface area (Å²) in [4.78, 5) is 20.3. The molecule has 1 amide bonds. The van der Waals surface area contributed by atoms with Crippen LogP contribution < -0.4 is 0 Å². The fourth-order valence-corrected chi connectivity index (χ4v) is 4.07. The molecule has 0 radical (unpaired) electrons. The maximum Gasteiger partial charge on any atom is 0.248 e. The first-order valence-electron chi connectivity index (χ1n) is 9.56. The van der Waals surface area contributed by atoms with Gasteiger partial charge in [-0.15, -0.1) is 5.10 Å². The van der Waals surface area contributed by atoms with Gasteiger partial charge in [-0.1, -0.05) is 32.4 Å². The maximum atomic E-state index is 13.5. The van der Waals surface area contributed by atoms with Crippen molar-refractivity contribution in [2.24, 2.45) is 13.0 Å². The molecule has 142 valence electrons. The predicted molar refractivity (Wildman–Crippen MR) is 101 cm³/mol. The number of aromatic nitrogens is 6. The average molecular weight is 367 g/mol. The van der Waals surface area contributed by atoms with E-state index in [2.05, 4.69) is 40.0 Å². The van der Waals surface area contributed by atoms with Crippen LogP contribution in [0, 0.1) is 5.92 Å². The number of tetrazole rings is 1. The molecule has 3 aromatic rings. The Morgan fingerprint density at radius 1 is 1.33 bits per heavy atom. The Labute approximate surface area is 158 Å². The van der Waals surface area contributed by atoms with Gasteiger partial charge in [0.1, 0.15) is 18.2 Å². The number of fused-ring (bicyclic) bond motifs is 1. The van der Waals surface area contributed by atoms with Gasteiger partial charge in [-0.25, -0.2) is 9.67 Å². The minimum absolute atomic E-state index is 0.0158. The largest absolute Gasteiger partial charge is 0.331 e. The van der Waals surface area contributed by atoms with Crippen LogP contribution in [-0.4, -0.2) is 47.1 Å². The second-order valence-corrected chi connectivity index (χ2v) is 7.33. The summed E-state index contributed by atoms with van der Waals surface area (Å²) in [6.07, 6.45) is 4.31. The van der Waals surface area contributed by atoms with Gasteiger partial charge in [0.05, 0.1) is 17.1 Å². The van der Waals surface area contributed by atoms with E-state index in [0.29, 0.717) is 0 Å². The van der Waals surface area contributed by atoms with Crippen LogP contribution in [0.4, 0.5) is 0 Å². The molecule has 0 N–H and O–H groups in total. The highest BCUT2D eigenvalue weighted by Crippen LogP contribution is 2.36. The Bertz CT molecular complexity index is 933. The highest BCUT2D eigenvalue weighted by Gasteiger charge is 2.39. The molecule has 3 atom stereocenters. The third-order valence-electron chi connectivity index (χ3n) is 5.74. The van der Waals surface area contributed by atoms with Gasteiger partial charge in [0.25, 0.3) is 0 Å². The molecule has 0 bridgehead atoms. The monoisotopic (exact) mass is 367 g/mol. The number of likely N-dealkylation sites (tertiary alicyclic amines) is 1. The number of hydrogen-bond acceptors (Lipinski definition) is 5. The molecule has 1 fully saturated rings. The normalized spacial score (nSPS) is 19.5. The van der Waals surface area contributed by atoms with E-state index in [9.17, 15) is 4.79 Å². The van der Waals surface area contributed by atoms with Crippen LogP contribution in [0.3, 0.4) is 0 Å². The summed E-state index contributed by atoms with van der Waals surface area (Å²) in [6.45, 7) is 4.90. The highest BCUT2D eigenvalue weighted by atomic mass is 16.2. The number of nitrogens with zero attached hydrogens (tertiary/aromatic N) is 7. The lowest BCUT2D eigenvalue weighted by Crippen LogP contribution is -2.40.